The van der Waals surface area contributed by atoms with Crippen LogP contribution in [0.4, 0.5) is 11.8 Å². The van der Waals surface area contributed by atoms with Crippen molar-refractivity contribution in [1.82, 2.24) is 19.9 Å². The highest BCUT2D eigenvalue weighted by molar-refractivity contribution is 5.88. The Hall–Kier alpha value is -2.67. The topological polar surface area (TPSA) is 84.3 Å². The Bertz CT molecular complexity index is 870. The molecule has 4 heterocycles. The average molecular weight is 368 g/mol. The van der Waals surface area contributed by atoms with Crippen LogP contribution in [0.2, 0.25) is 0 Å². The third-order valence-corrected chi connectivity index (χ3v) is 4.66. The van der Waals surface area contributed by atoms with Crippen molar-refractivity contribution in [2.45, 2.75) is 26.7 Å². The second kappa shape index (κ2) is 8.35. The third-order valence-electron chi connectivity index (χ3n) is 4.66. The normalized spacial score (nSPS) is 15.1. The first-order chi connectivity index (χ1) is 12.9. The Kier molecular flexibility index (Phi) is 5.91. The lowest BCUT2D eigenvalue weighted by molar-refractivity contribution is 0.311. The number of likely N-dealkylation sites (N-methyl/N-ethyl adjacent to an activating group) is 1. The lowest BCUT2D eigenvalue weighted by atomic mass is 10.1. The molecule has 0 unspecified atom stereocenters. The van der Waals surface area contributed by atoms with Crippen molar-refractivity contribution in [1.29, 1.82) is 0 Å². The molecule has 4 rings (SSSR count). The summed E-state index contributed by atoms with van der Waals surface area (Å²) in [6.45, 7) is 10.0. The predicted octanol–water partition coefficient (Wildman–Crippen LogP) is 3.07. The largest absolute Gasteiger partial charge is 0.470 e. The Morgan fingerprint density at radius 2 is 1.89 bits per heavy atom. The maximum atomic E-state index is 6.14. The van der Waals surface area contributed by atoms with Gasteiger partial charge in [-0.2, -0.15) is 4.98 Å². The zero-order valence-electron chi connectivity index (χ0n) is 16.5. The number of furan rings is 1. The molecule has 1 saturated heterocycles. The molecule has 0 aromatic carbocycles. The molecule has 1 aliphatic rings. The quantitative estimate of drug-likeness (QED) is 0.744. The van der Waals surface area contributed by atoms with Gasteiger partial charge in [0.25, 0.3) is 0 Å². The van der Waals surface area contributed by atoms with Crippen LogP contribution >= 0.6 is 0 Å². The number of rotatable bonds is 2. The fourth-order valence-electron chi connectivity index (χ4n) is 2.88. The molecule has 3 aromatic heterocycles. The first-order valence-corrected chi connectivity index (χ1v) is 9.31. The summed E-state index contributed by atoms with van der Waals surface area (Å²) in [5.74, 6) is 2.59. The monoisotopic (exact) mass is 368 g/mol. The third kappa shape index (κ3) is 4.74. The standard InChI is InChI=1S/C15H22N6.C5H6O/c1-10(2)12-8-11-13(9-17-12)18-15(19-14(11)16)21-6-4-20(3)5-7-21;1-5-3-2-4-6-5/h8-10H,4-7H2,1-3H3,(H2,16,18,19);2-4H,1H3. The van der Waals surface area contributed by atoms with Crippen LogP contribution in [0, 0.1) is 6.92 Å². The number of hydrogen-bond acceptors (Lipinski definition) is 7. The lowest BCUT2D eigenvalue weighted by Gasteiger charge is -2.32. The number of nitrogens with zero attached hydrogens (tertiary/aromatic N) is 5. The molecule has 144 valence electrons. The van der Waals surface area contributed by atoms with Gasteiger partial charge < -0.3 is 20.0 Å². The number of hydrogen-bond donors (Lipinski definition) is 1. The summed E-state index contributed by atoms with van der Waals surface area (Å²) in [6.07, 6.45) is 3.47. The average Bonchev–Trinajstić information content (AvgIpc) is 3.13. The summed E-state index contributed by atoms with van der Waals surface area (Å²) in [5, 5.41) is 0.895. The lowest BCUT2D eigenvalue weighted by Crippen LogP contribution is -2.45. The van der Waals surface area contributed by atoms with Crippen LogP contribution in [-0.4, -0.2) is 53.1 Å². The molecule has 2 N–H and O–H groups in total. The predicted molar refractivity (Wildman–Crippen MR) is 109 cm³/mol. The molecular formula is C20H28N6O. The minimum Gasteiger partial charge on any atom is -0.470 e. The number of fused-ring (bicyclic) bond motifs is 1. The molecule has 0 spiro atoms. The molecule has 0 atom stereocenters. The van der Waals surface area contributed by atoms with Gasteiger partial charge in [-0.15, -0.1) is 0 Å². The minimum absolute atomic E-state index is 0.367. The summed E-state index contributed by atoms with van der Waals surface area (Å²) in [6, 6.07) is 5.79. The summed E-state index contributed by atoms with van der Waals surface area (Å²) >= 11 is 0. The Morgan fingerprint density at radius 3 is 2.44 bits per heavy atom. The highest BCUT2D eigenvalue weighted by atomic mass is 16.3. The molecule has 0 amide bonds. The van der Waals surface area contributed by atoms with Crippen molar-refractivity contribution in [2.75, 3.05) is 43.9 Å². The molecule has 7 nitrogen and oxygen atoms in total. The maximum absolute atomic E-state index is 6.14. The van der Waals surface area contributed by atoms with Gasteiger partial charge in [0.2, 0.25) is 5.95 Å². The summed E-state index contributed by atoms with van der Waals surface area (Å²) in [7, 11) is 2.13. The molecular weight excluding hydrogens is 340 g/mol. The molecule has 0 saturated carbocycles. The zero-order valence-corrected chi connectivity index (χ0v) is 16.5. The van der Waals surface area contributed by atoms with E-state index in [4.69, 9.17) is 10.2 Å². The van der Waals surface area contributed by atoms with Crippen molar-refractivity contribution in [3.63, 3.8) is 0 Å². The maximum Gasteiger partial charge on any atom is 0.228 e. The van der Waals surface area contributed by atoms with E-state index in [0.29, 0.717) is 17.7 Å². The minimum atomic E-state index is 0.367. The molecule has 1 aliphatic heterocycles. The number of aryl methyl sites for hydroxylation is 1. The fourth-order valence-corrected chi connectivity index (χ4v) is 2.88. The van der Waals surface area contributed by atoms with Gasteiger partial charge in [-0.25, -0.2) is 4.98 Å². The van der Waals surface area contributed by atoms with Gasteiger partial charge in [0.15, 0.2) is 0 Å². The summed E-state index contributed by atoms with van der Waals surface area (Å²) in [5.41, 5.74) is 7.98. The zero-order chi connectivity index (χ0) is 19.4. The van der Waals surface area contributed by atoms with E-state index in [2.05, 4.69) is 45.6 Å². The van der Waals surface area contributed by atoms with E-state index < -0.39 is 0 Å². The van der Waals surface area contributed by atoms with E-state index in [1.807, 2.05) is 31.3 Å². The fraction of sp³-hybridized carbons (Fsp3) is 0.450. The van der Waals surface area contributed by atoms with Gasteiger partial charge in [0, 0.05) is 37.3 Å². The van der Waals surface area contributed by atoms with Crippen molar-refractivity contribution in [3.8, 4) is 0 Å². The van der Waals surface area contributed by atoms with Gasteiger partial charge in [-0.3, -0.25) is 4.98 Å². The van der Waals surface area contributed by atoms with Crippen molar-refractivity contribution in [3.05, 3.63) is 42.1 Å². The van der Waals surface area contributed by atoms with Gasteiger partial charge >= 0.3 is 0 Å². The molecule has 0 radical (unpaired) electrons. The number of nitrogen functional groups attached to an aromatic ring is 1. The first kappa shape index (κ1) is 19.1. The number of anilines is 2. The van der Waals surface area contributed by atoms with Gasteiger partial charge in [0.1, 0.15) is 11.6 Å². The number of aromatic nitrogens is 3. The van der Waals surface area contributed by atoms with Crippen LogP contribution in [-0.2, 0) is 0 Å². The number of nitrogens with two attached hydrogens (primary N) is 1. The van der Waals surface area contributed by atoms with Crippen LogP contribution in [0.15, 0.2) is 35.1 Å². The SMILES string of the molecule is CC(C)c1cc2c(N)nc(N3CCN(C)CC3)nc2cn1.Cc1ccco1. The number of piperazine rings is 1. The highest BCUT2D eigenvalue weighted by Crippen LogP contribution is 2.24. The molecule has 1 fully saturated rings. The van der Waals surface area contributed by atoms with Gasteiger partial charge in [0.05, 0.1) is 18.0 Å². The van der Waals surface area contributed by atoms with E-state index >= 15 is 0 Å². The van der Waals surface area contributed by atoms with E-state index in [1.54, 1.807) is 6.26 Å². The van der Waals surface area contributed by atoms with Gasteiger partial charge in [-0.05, 0) is 38.1 Å². The van der Waals surface area contributed by atoms with Crippen LogP contribution < -0.4 is 10.6 Å². The second-order valence-corrected chi connectivity index (χ2v) is 7.20. The van der Waals surface area contributed by atoms with Gasteiger partial charge in [-0.1, -0.05) is 13.8 Å². The van der Waals surface area contributed by atoms with Crippen molar-refractivity contribution in [2.24, 2.45) is 0 Å². The van der Waals surface area contributed by atoms with Crippen LogP contribution in [0.3, 0.4) is 0 Å². The van der Waals surface area contributed by atoms with Crippen LogP contribution in [0.5, 0.6) is 0 Å². The molecule has 3 aromatic rings. The molecule has 0 aliphatic carbocycles. The summed E-state index contributed by atoms with van der Waals surface area (Å²) < 4.78 is 4.83. The highest BCUT2D eigenvalue weighted by Gasteiger charge is 2.18. The van der Waals surface area contributed by atoms with E-state index in [-0.39, 0.29) is 0 Å². The van der Waals surface area contributed by atoms with Crippen LogP contribution in [0.25, 0.3) is 10.9 Å². The van der Waals surface area contributed by atoms with Crippen LogP contribution in [0.1, 0.15) is 31.2 Å². The summed E-state index contributed by atoms with van der Waals surface area (Å²) in [4.78, 5) is 18.1. The molecule has 27 heavy (non-hydrogen) atoms. The van der Waals surface area contributed by atoms with E-state index in [1.165, 1.54) is 0 Å². The Morgan fingerprint density at radius 1 is 1.15 bits per heavy atom. The second-order valence-electron chi connectivity index (χ2n) is 7.20. The van der Waals surface area contributed by atoms with E-state index in [9.17, 15) is 0 Å². The number of pyridine rings is 1. The Labute approximate surface area is 160 Å². The molecule has 0 bridgehead atoms. The Balaban J connectivity index is 0.000000299. The van der Waals surface area contributed by atoms with Crippen molar-refractivity contribution < 1.29 is 4.42 Å². The van der Waals surface area contributed by atoms with E-state index in [0.717, 1.165) is 48.5 Å². The first-order valence-electron chi connectivity index (χ1n) is 9.31. The smallest absolute Gasteiger partial charge is 0.228 e. The molecule has 7 heteroatoms. The van der Waals surface area contributed by atoms with Crippen molar-refractivity contribution >= 4 is 22.7 Å².